The maximum atomic E-state index is 5.24. The lowest BCUT2D eigenvalue weighted by molar-refractivity contribution is 0.415. The lowest BCUT2D eigenvalue weighted by Gasteiger charge is -2.09. The van der Waals surface area contributed by atoms with Gasteiger partial charge in [-0.05, 0) is 41.8 Å². The first kappa shape index (κ1) is 12.4. The molecule has 0 bridgehead atoms. The number of hydrogen-bond acceptors (Lipinski definition) is 4. The minimum absolute atomic E-state index is 0.652. The van der Waals surface area contributed by atoms with Crippen LogP contribution in [0.3, 0.4) is 0 Å². The Bertz CT molecular complexity index is 713. The number of ether oxygens (including phenoxy) is 1. The number of hydrogen-bond donors (Lipinski definition) is 1. The Morgan fingerprint density at radius 3 is 2.80 bits per heavy atom. The maximum Gasteiger partial charge on any atom is 0.134 e. The second-order valence-corrected chi connectivity index (χ2v) is 4.42. The number of methoxy groups -OCH3 is 1. The Balaban J connectivity index is 1.88. The molecule has 1 N–H and O–H groups in total. The van der Waals surface area contributed by atoms with Crippen LogP contribution in [0.15, 0.2) is 54.9 Å². The molecule has 3 aromatic rings. The highest BCUT2D eigenvalue weighted by Crippen LogP contribution is 2.25. The zero-order valence-corrected chi connectivity index (χ0v) is 11.2. The monoisotopic (exact) mass is 265 g/mol. The molecular weight excluding hydrogens is 250 g/mol. The van der Waals surface area contributed by atoms with Crippen molar-refractivity contribution in [3.63, 3.8) is 0 Å². The molecule has 0 fully saturated rings. The van der Waals surface area contributed by atoms with Gasteiger partial charge in [-0.15, -0.1) is 0 Å². The maximum absolute atomic E-state index is 5.24. The molecule has 0 radical (unpaired) electrons. The predicted molar refractivity (Wildman–Crippen MR) is 79.9 cm³/mol. The number of nitrogens with one attached hydrogen (secondary N) is 1. The van der Waals surface area contributed by atoms with Crippen LogP contribution >= 0.6 is 0 Å². The van der Waals surface area contributed by atoms with Crippen molar-refractivity contribution in [1.82, 2.24) is 9.97 Å². The molecule has 0 saturated carbocycles. The van der Waals surface area contributed by atoms with Crippen LogP contribution in [-0.4, -0.2) is 17.1 Å². The SMILES string of the molecule is COc1ccc2c(NCc3ccccn3)nccc2c1. The fourth-order valence-corrected chi connectivity index (χ4v) is 2.10. The molecule has 4 heteroatoms. The number of benzene rings is 1. The largest absolute Gasteiger partial charge is 0.497 e. The summed E-state index contributed by atoms with van der Waals surface area (Å²) >= 11 is 0. The van der Waals surface area contributed by atoms with E-state index < -0.39 is 0 Å². The van der Waals surface area contributed by atoms with E-state index in [0.717, 1.165) is 28.0 Å². The van der Waals surface area contributed by atoms with Gasteiger partial charge in [0, 0.05) is 17.8 Å². The summed E-state index contributed by atoms with van der Waals surface area (Å²) in [7, 11) is 1.67. The van der Waals surface area contributed by atoms with Crippen LogP contribution in [0.2, 0.25) is 0 Å². The normalized spacial score (nSPS) is 10.4. The molecule has 4 nitrogen and oxygen atoms in total. The fourth-order valence-electron chi connectivity index (χ4n) is 2.10. The molecular formula is C16H15N3O. The fraction of sp³-hybridized carbons (Fsp3) is 0.125. The molecule has 2 heterocycles. The quantitative estimate of drug-likeness (QED) is 0.786. The average Bonchev–Trinajstić information content (AvgIpc) is 2.53. The number of aromatic nitrogens is 2. The second kappa shape index (κ2) is 5.57. The van der Waals surface area contributed by atoms with E-state index in [-0.39, 0.29) is 0 Å². The van der Waals surface area contributed by atoms with Gasteiger partial charge in [0.1, 0.15) is 11.6 Å². The van der Waals surface area contributed by atoms with Gasteiger partial charge in [0.2, 0.25) is 0 Å². The molecule has 1 aromatic carbocycles. The smallest absolute Gasteiger partial charge is 0.134 e. The van der Waals surface area contributed by atoms with Gasteiger partial charge in [-0.3, -0.25) is 4.98 Å². The first-order chi connectivity index (χ1) is 9.86. The Kier molecular flexibility index (Phi) is 3.46. The van der Waals surface area contributed by atoms with E-state index in [9.17, 15) is 0 Å². The number of fused-ring (bicyclic) bond motifs is 1. The molecule has 2 aromatic heterocycles. The van der Waals surface area contributed by atoms with Gasteiger partial charge in [0.25, 0.3) is 0 Å². The molecule has 0 saturated heterocycles. The van der Waals surface area contributed by atoms with Gasteiger partial charge < -0.3 is 10.1 Å². The Morgan fingerprint density at radius 1 is 1.05 bits per heavy atom. The highest BCUT2D eigenvalue weighted by molar-refractivity contribution is 5.92. The molecule has 0 spiro atoms. The molecule has 3 rings (SSSR count). The van der Waals surface area contributed by atoms with E-state index in [2.05, 4.69) is 15.3 Å². The van der Waals surface area contributed by atoms with E-state index in [4.69, 9.17) is 4.74 Å². The van der Waals surface area contributed by atoms with E-state index in [1.165, 1.54) is 0 Å². The summed E-state index contributed by atoms with van der Waals surface area (Å²) < 4.78 is 5.24. The van der Waals surface area contributed by atoms with Crippen molar-refractivity contribution in [2.75, 3.05) is 12.4 Å². The van der Waals surface area contributed by atoms with Crippen LogP contribution in [0.4, 0.5) is 5.82 Å². The van der Waals surface area contributed by atoms with Crippen LogP contribution < -0.4 is 10.1 Å². The summed E-state index contributed by atoms with van der Waals surface area (Å²) in [6.07, 6.45) is 3.58. The van der Waals surface area contributed by atoms with Crippen molar-refractivity contribution in [3.8, 4) is 5.75 Å². The number of anilines is 1. The zero-order valence-electron chi connectivity index (χ0n) is 11.2. The number of pyridine rings is 2. The van der Waals surface area contributed by atoms with Crippen LogP contribution in [0.25, 0.3) is 10.8 Å². The van der Waals surface area contributed by atoms with Gasteiger partial charge >= 0.3 is 0 Å². The van der Waals surface area contributed by atoms with E-state index >= 15 is 0 Å². The lowest BCUT2D eigenvalue weighted by Crippen LogP contribution is -2.03. The minimum Gasteiger partial charge on any atom is -0.497 e. The molecule has 0 aliphatic heterocycles. The molecule has 0 amide bonds. The van der Waals surface area contributed by atoms with Crippen LogP contribution in [0, 0.1) is 0 Å². The third-order valence-electron chi connectivity index (χ3n) is 3.13. The first-order valence-corrected chi connectivity index (χ1v) is 6.43. The van der Waals surface area contributed by atoms with Gasteiger partial charge in [0.15, 0.2) is 0 Å². The Morgan fingerprint density at radius 2 is 2.00 bits per heavy atom. The molecule has 100 valence electrons. The Labute approximate surface area is 117 Å². The van der Waals surface area contributed by atoms with E-state index in [1.54, 1.807) is 19.5 Å². The second-order valence-electron chi connectivity index (χ2n) is 4.42. The summed E-state index contributed by atoms with van der Waals surface area (Å²) in [5.74, 6) is 1.70. The standard InChI is InChI=1S/C16H15N3O/c1-20-14-5-6-15-12(10-14)7-9-18-16(15)19-11-13-4-2-3-8-17-13/h2-10H,11H2,1H3,(H,18,19). The topological polar surface area (TPSA) is 47.0 Å². The van der Waals surface area contributed by atoms with Crippen molar-refractivity contribution >= 4 is 16.6 Å². The highest BCUT2D eigenvalue weighted by Gasteiger charge is 2.03. The first-order valence-electron chi connectivity index (χ1n) is 6.43. The summed E-state index contributed by atoms with van der Waals surface area (Å²) in [6, 6.07) is 13.8. The van der Waals surface area contributed by atoms with Crippen LogP contribution in [0.5, 0.6) is 5.75 Å². The molecule has 0 aliphatic rings. The molecule has 0 unspecified atom stereocenters. The van der Waals surface area contributed by atoms with Crippen LogP contribution in [0.1, 0.15) is 5.69 Å². The van der Waals surface area contributed by atoms with E-state index in [0.29, 0.717) is 6.54 Å². The number of nitrogens with zero attached hydrogens (tertiary/aromatic N) is 2. The Hall–Kier alpha value is -2.62. The van der Waals surface area contributed by atoms with Gasteiger partial charge in [0.05, 0.1) is 19.3 Å². The van der Waals surface area contributed by atoms with Crippen molar-refractivity contribution < 1.29 is 4.74 Å². The van der Waals surface area contributed by atoms with Crippen LogP contribution in [-0.2, 0) is 6.54 Å². The lowest BCUT2D eigenvalue weighted by atomic mass is 10.1. The zero-order chi connectivity index (χ0) is 13.8. The summed E-state index contributed by atoms with van der Waals surface area (Å²) in [6.45, 7) is 0.652. The van der Waals surface area contributed by atoms with Crippen molar-refractivity contribution in [2.45, 2.75) is 6.54 Å². The summed E-state index contributed by atoms with van der Waals surface area (Å²) in [4.78, 5) is 8.69. The van der Waals surface area contributed by atoms with E-state index in [1.807, 2.05) is 42.5 Å². The van der Waals surface area contributed by atoms with Crippen molar-refractivity contribution in [1.29, 1.82) is 0 Å². The third-order valence-corrected chi connectivity index (χ3v) is 3.13. The highest BCUT2D eigenvalue weighted by atomic mass is 16.5. The predicted octanol–water partition coefficient (Wildman–Crippen LogP) is 3.25. The van der Waals surface area contributed by atoms with Crippen molar-refractivity contribution in [2.24, 2.45) is 0 Å². The van der Waals surface area contributed by atoms with Gasteiger partial charge in [-0.2, -0.15) is 0 Å². The van der Waals surface area contributed by atoms with Gasteiger partial charge in [-0.25, -0.2) is 4.98 Å². The third kappa shape index (κ3) is 2.54. The molecule has 0 aliphatic carbocycles. The number of rotatable bonds is 4. The molecule has 20 heavy (non-hydrogen) atoms. The molecule has 0 atom stereocenters. The summed E-state index contributed by atoms with van der Waals surface area (Å²) in [5.41, 5.74) is 0.986. The average molecular weight is 265 g/mol. The minimum atomic E-state index is 0.652. The van der Waals surface area contributed by atoms with Crippen molar-refractivity contribution in [3.05, 3.63) is 60.6 Å². The summed E-state index contributed by atoms with van der Waals surface area (Å²) in [5, 5.41) is 5.50. The van der Waals surface area contributed by atoms with Gasteiger partial charge in [-0.1, -0.05) is 6.07 Å².